The Morgan fingerprint density at radius 3 is 2.88 bits per heavy atom. The zero-order chi connectivity index (χ0) is 16.6. The van der Waals surface area contributed by atoms with Gasteiger partial charge < -0.3 is 15.3 Å². The highest BCUT2D eigenvalue weighted by Gasteiger charge is 2.28. The number of piperazine rings is 1. The van der Waals surface area contributed by atoms with E-state index in [0.29, 0.717) is 30.9 Å². The highest BCUT2D eigenvalue weighted by Crippen LogP contribution is 2.23. The molecule has 0 radical (unpaired) electrons. The average Bonchev–Trinajstić information content (AvgIpc) is 2.88. The molecule has 1 aromatic carbocycles. The minimum absolute atomic E-state index is 0. The van der Waals surface area contributed by atoms with E-state index in [1.165, 1.54) is 23.0 Å². The number of nitrogens with one attached hydrogen (secondary N) is 1. The number of carbonyl (C=O) groups excluding carboxylic acids is 1. The number of hydrogen-bond acceptors (Lipinski definition) is 4. The van der Waals surface area contributed by atoms with Crippen molar-refractivity contribution in [2.24, 2.45) is 0 Å². The number of rotatable bonds is 2. The van der Waals surface area contributed by atoms with E-state index in [1.807, 2.05) is 6.92 Å². The third-order valence-corrected chi connectivity index (χ3v) is 4.07. The molecule has 130 valence electrons. The van der Waals surface area contributed by atoms with Gasteiger partial charge in [-0.15, -0.1) is 12.4 Å². The number of hydrogen-bond donors (Lipinski definition) is 2. The third-order valence-electron chi connectivity index (χ3n) is 4.07. The molecular formula is C16H20ClFN4O2. The Kier molecular flexibility index (Phi) is 5.46. The zero-order valence-corrected chi connectivity index (χ0v) is 14.3. The van der Waals surface area contributed by atoms with Crippen molar-refractivity contribution in [3.05, 3.63) is 41.5 Å². The summed E-state index contributed by atoms with van der Waals surface area (Å²) in [6.45, 7) is 5.69. The lowest BCUT2D eigenvalue weighted by Gasteiger charge is -2.33. The van der Waals surface area contributed by atoms with E-state index in [-0.39, 0.29) is 41.6 Å². The molecule has 2 aromatic rings. The number of benzene rings is 1. The second kappa shape index (κ2) is 7.19. The van der Waals surface area contributed by atoms with Crippen molar-refractivity contribution in [3.8, 4) is 11.4 Å². The lowest BCUT2D eigenvalue weighted by Crippen LogP contribution is -2.52. The van der Waals surface area contributed by atoms with Crippen LogP contribution in [0.3, 0.4) is 0 Å². The Bertz CT molecular complexity index is 750. The standard InChI is InChI=1S/C16H19FN4O2.ClH/c1-10-7-12(17)3-4-13(10)21-9-14(22)15(19-21)16(23)20-6-5-18-8-11(20)2;/h3-4,7,9,11,18,22H,5-6,8H2,1-2H3;1H/t11-;/m0./s1. The molecule has 0 unspecified atom stereocenters. The molecule has 1 aliphatic heterocycles. The summed E-state index contributed by atoms with van der Waals surface area (Å²) < 4.78 is 14.6. The SMILES string of the molecule is Cc1cc(F)ccc1-n1cc(O)c(C(=O)N2CCNC[C@@H]2C)n1.Cl. The van der Waals surface area contributed by atoms with E-state index >= 15 is 0 Å². The Hall–Kier alpha value is -2.12. The van der Waals surface area contributed by atoms with Gasteiger partial charge in [-0.1, -0.05) is 0 Å². The maximum Gasteiger partial charge on any atom is 0.278 e. The predicted octanol–water partition coefficient (Wildman–Crippen LogP) is 1.88. The van der Waals surface area contributed by atoms with Gasteiger partial charge in [-0.05, 0) is 37.6 Å². The second-order valence-electron chi connectivity index (χ2n) is 5.79. The van der Waals surface area contributed by atoms with Crippen molar-refractivity contribution < 1.29 is 14.3 Å². The number of aromatic nitrogens is 2. The number of nitrogens with zero attached hydrogens (tertiary/aromatic N) is 3. The molecule has 24 heavy (non-hydrogen) atoms. The molecule has 6 nitrogen and oxygen atoms in total. The highest BCUT2D eigenvalue weighted by atomic mass is 35.5. The lowest BCUT2D eigenvalue weighted by molar-refractivity contribution is 0.0646. The number of aromatic hydroxyl groups is 1. The Morgan fingerprint density at radius 2 is 2.21 bits per heavy atom. The number of aryl methyl sites for hydroxylation is 1. The molecule has 2 heterocycles. The maximum atomic E-state index is 13.2. The quantitative estimate of drug-likeness (QED) is 0.864. The first-order valence-electron chi connectivity index (χ1n) is 7.54. The summed E-state index contributed by atoms with van der Waals surface area (Å²) in [7, 11) is 0. The van der Waals surface area contributed by atoms with Crippen LogP contribution in [0.2, 0.25) is 0 Å². The molecule has 1 amide bonds. The minimum atomic E-state index is -0.339. The molecule has 1 fully saturated rings. The van der Waals surface area contributed by atoms with Gasteiger partial charge in [0.1, 0.15) is 5.82 Å². The monoisotopic (exact) mass is 354 g/mol. The van der Waals surface area contributed by atoms with Gasteiger partial charge in [0.15, 0.2) is 11.4 Å². The van der Waals surface area contributed by atoms with Crippen molar-refractivity contribution in [2.75, 3.05) is 19.6 Å². The second-order valence-corrected chi connectivity index (χ2v) is 5.79. The molecule has 1 atom stereocenters. The molecule has 0 saturated carbocycles. The Balaban J connectivity index is 0.00000208. The van der Waals surface area contributed by atoms with E-state index < -0.39 is 0 Å². The van der Waals surface area contributed by atoms with Crippen LogP contribution in [0, 0.1) is 12.7 Å². The summed E-state index contributed by atoms with van der Waals surface area (Å²) in [5.41, 5.74) is 1.30. The van der Waals surface area contributed by atoms with Crippen LogP contribution in [0.25, 0.3) is 5.69 Å². The predicted molar refractivity (Wildman–Crippen MR) is 90.5 cm³/mol. The van der Waals surface area contributed by atoms with Gasteiger partial charge in [0.05, 0.1) is 11.9 Å². The van der Waals surface area contributed by atoms with Gasteiger partial charge in [0.25, 0.3) is 5.91 Å². The molecular weight excluding hydrogens is 335 g/mol. The van der Waals surface area contributed by atoms with Gasteiger partial charge in [0, 0.05) is 25.7 Å². The van der Waals surface area contributed by atoms with Crippen LogP contribution in [0.15, 0.2) is 24.4 Å². The first-order valence-corrected chi connectivity index (χ1v) is 7.54. The van der Waals surface area contributed by atoms with Gasteiger partial charge in [-0.25, -0.2) is 9.07 Å². The summed E-state index contributed by atoms with van der Waals surface area (Å²) in [4.78, 5) is 14.3. The molecule has 1 saturated heterocycles. The highest BCUT2D eigenvalue weighted by molar-refractivity contribution is 5.95. The van der Waals surface area contributed by atoms with Crippen LogP contribution in [-0.2, 0) is 0 Å². The van der Waals surface area contributed by atoms with Crippen molar-refractivity contribution in [1.82, 2.24) is 20.0 Å². The summed E-state index contributed by atoms with van der Waals surface area (Å²) >= 11 is 0. The maximum absolute atomic E-state index is 13.2. The van der Waals surface area contributed by atoms with Crippen LogP contribution in [0.5, 0.6) is 5.75 Å². The topological polar surface area (TPSA) is 70.4 Å². The Labute approximate surface area is 145 Å². The van der Waals surface area contributed by atoms with E-state index in [0.717, 1.165) is 0 Å². The fraction of sp³-hybridized carbons (Fsp3) is 0.375. The van der Waals surface area contributed by atoms with Crippen molar-refractivity contribution >= 4 is 18.3 Å². The van der Waals surface area contributed by atoms with Crippen molar-refractivity contribution in [1.29, 1.82) is 0 Å². The largest absolute Gasteiger partial charge is 0.504 e. The Morgan fingerprint density at radius 1 is 1.46 bits per heavy atom. The minimum Gasteiger partial charge on any atom is -0.504 e. The van der Waals surface area contributed by atoms with Gasteiger partial charge in [-0.3, -0.25) is 4.79 Å². The van der Waals surface area contributed by atoms with Gasteiger partial charge >= 0.3 is 0 Å². The molecule has 2 N–H and O–H groups in total. The molecule has 1 aliphatic rings. The fourth-order valence-electron chi connectivity index (χ4n) is 2.80. The van der Waals surface area contributed by atoms with E-state index in [9.17, 15) is 14.3 Å². The number of halogens is 2. The molecule has 0 bridgehead atoms. The van der Waals surface area contributed by atoms with Gasteiger partial charge in [-0.2, -0.15) is 5.10 Å². The number of amides is 1. The van der Waals surface area contributed by atoms with Crippen LogP contribution >= 0.6 is 12.4 Å². The lowest BCUT2D eigenvalue weighted by atomic mass is 10.2. The molecule has 0 aliphatic carbocycles. The summed E-state index contributed by atoms with van der Waals surface area (Å²) in [6.07, 6.45) is 1.38. The molecule has 8 heteroatoms. The first kappa shape index (κ1) is 18.2. The van der Waals surface area contributed by atoms with E-state index in [4.69, 9.17) is 0 Å². The summed E-state index contributed by atoms with van der Waals surface area (Å²) in [6, 6.07) is 4.31. The van der Waals surface area contributed by atoms with E-state index in [1.54, 1.807) is 17.9 Å². The van der Waals surface area contributed by atoms with E-state index in [2.05, 4.69) is 10.4 Å². The fourth-order valence-corrected chi connectivity index (χ4v) is 2.80. The molecule has 1 aromatic heterocycles. The number of carbonyl (C=O) groups is 1. The van der Waals surface area contributed by atoms with Crippen LogP contribution < -0.4 is 5.32 Å². The smallest absolute Gasteiger partial charge is 0.278 e. The third kappa shape index (κ3) is 3.37. The zero-order valence-electron chi connectivity index (χ0n) is 13.5. The van der Waals surface area contributed by atoms with Gasteiger partial charge in [0.2, 0.25) is 0 Å². The van der Waals surface area contributed by atoms with Crippen molar-refractivity contribution in [3.63, 3.8) is 0 Å². The van der Waals surface area contributed by atoms with Crippen molar-refractivity contribution in [2.45, 2.75) is 19.9 Å². The van der Waals surface area contributed by atoms with Crippen LogP contribution in [0.1, 0.15) is 23.0 Å². The normalized spacial score (nSPS) is 17.5. The molecule has 0 spiro atoms. The first-order chi connectivity index (χ1) is 11.0. The van der Waals surface area contributed by atoms with Crippen LogP contribution in [0.4, 0.5) is 4.39 Å². The summed E-state index contributed by atoms with van der Waals surface area (Å²) in [5.74, 6) is -0.812. The average molecular weight is 355 g/mol. The summed E-state index contributed by atoms with van der Waals surface area (Å²) in [5, 5.41) is 17.5. The molecule has 3 rings (SSSR count). The van der Waals surface area contributed by atoms with Crippen LogP contribution in [-0.4, -0.2) is 51.4 Å².